The highest BCUT2D eigenvalue weighted by Crippen LogP contribution is 2.39. The SMILES string of the molecule is FC(F)(F)c1cnc(N2CCCCC2c2nnc3n2CCCC3)c(Cl)c1. The van der Waals surface area contributed by atoms with Gasteiger partial charge < -0.3 is 9.47 Å². The molecule has 9 heteroatoms. The second-order valence-corrected chi connectivity index (χ2v) is 7.22. The van der Waals surface area contributed by atoms with Crippen LogP contribution in [0.2, 0.25) is 5.02 Å². The van der Waals surface area contributed by atoms with Gasteiger partial charge in [-0.1, -0.05) is 11.6 Å². The van der Waals surface area contributed by atoms with Crippen LogP contribution in [-0.2, 0) is 19.1 Å². The summed E-state index contributed by atoms with van der Waals surface area (Å²) in [5, 5.41) is 8.74. The van der Waals surface area contributed by atoms with Crippen LogP contribution in [0, 0.1) is 0 Å². The summed E-state index contributed by atoms with van der Waals surface area (Å²) < 4.78 is 40.8. The fourth-order valence-corrected chi connectivity index (χ4v) is 4.10. The predicted octanol–water partition coefficient (Wildman–Crippen LogP) is 4.41. The maximum Gasteiger partial charge on any atom is 0.417 e. The Kier molecular flexibility index (Phi) is 4.54. The molecule has 4 heterocycles. The molecule has 2 aromatic rings. The molecular weight excluding hydrogens is 367 g/mol. The molecule has 26 heavy (non-hydrogen) atoms. The number of piperidine rings is 1. The number of aromatic nitrogens is 4. The van der Waals surface area contributed by atoms with E-state index in [0.717, 1.165) is 69.0 Å². The molecule has 0 spiro atoms. The van der Waals surface area contributed by atoms with E-state index in [1.807, 2.05) is 4.90 Å². The number of rotatable bonds is 2. The monoisotopic (exact) mass is 385 g/mol. The molecule has 4 rings (SSSR count). The van der Waals surface area contributed by atoms with Gasteiger partial charge in [0.25, 0.3) is 0 Å². The van der Waals surface area contributed by atoms with Gasteiger partial charge in [-0.2, -0.15) is 13.2 Å². The van der Waals surface area contributed by atoms with Crippen molar-refractivity contribution < 1.29 is 13.2 Å². The number of halogens is 4. The number of pyridine rings is 1. The molecule has 0 bridgehead atoms. The maximum atomic E-state index is 12.9. The van der Waals surface area contributed by atoms with Crippen molar-refractivity contribution in [3.63, 3.8) is 0 Å². The molecule has 140 valence electrons. The summed E-state index contributed by atoms with van der Waals surface area (Å²) >= 11 is 6.19. The Balaban J connectivity index is 1.69. The van der Waals surface area contributed by atoms with E-state index in [9.17, 15) is 13.2 Å². The van der Waals surface area contributed by atoms with Crippen molar-refractivity contribution in [1.82, 2.24) is 19.7 Å². The zero-order valence-electron chi connectivity index (χ0n) is 14.1. The third-order valence-corrected chi connectivity index (χ3v) is 5.39. The summed E-state index contributed by atoms with van der Waals surface area (Å²) in [6.07, 6.45) is 2.34. The van der Waals surface area contributed by atoms with Gasteiger partial charge in [-0.05, 0) is 38.2 Å². The van der Waals surface area contributed by atoms with E-state index in [-0.39, 0.29) is 11.1 Å². The summed E-state index contributed by atoms with van der Waals surface area (Å²) in [6, 6.07) is 0.888. The summed E-state index contributed by atoms with van der Waals surface area (Å²) in [6.45, 7) is 1.57. The van der Waals surface area contributed by atoms with Crippen LogP contribution in [0.25, 0.3) is 0 Å². The topological polar surface area (TPSA) is 46.8 Å². The standard InChI is InChI=1S/C17H19ClF3N5/c18-12-9-11(17(19,20)21)10-22-15(12)25-7-3-1-5-13(25)16-24-23-14-6-2-4-8-26(14)16/h9-10,13H,1-8H2. The number of fused-ring (bicyclic) bond motifs is 1. The molecule has 2 aliphatic heterocycles. The van der Waals surface area contributed by atoms with E-state index in [4.69, 9.17) is 11.6 Å². The fraction of sp³-hybridized carbons (Fsp3) is 0.588. The maximum absolute atomic E-state index is 12.9. The Morgan fingerprint density at radius 2 is 1.88 bits per heavy atom. The van der Waals surface area contributed by atoms with Gasteiger partial charge in [0.2, 0.25) is 0 Å². The number of aryl methyl sites for hydroxylation is 1. The first-order chi connectivity index (χ1) is 12.4. The Bertz CT molecular complexity index is 804. The molecule has 0 saturated carbocycles. The van der Waals surface area contributed by atoms with Crippen LogP contribution >= 0.6 is 11.6 Å². The van der Waals surface area contributed by atoms with E-state index >= 15 is 0 Å². The quantitative estimate of drug-likeness (QED) is 0.768. The van der Waals surface area contributed by atoms with E-state index in [2.05, 4.69) is 19.7 Å². The minimum Gasteiger partial charge on any atom is -0.345 e. The number of alkyl halides is 3. The molecule has 0 aliphatic carbocycles. The number of hydrogen-bond donors (Lipinski definition) is 0. The molecule has 0 amide bonds. The molecule has 1 saturated heterocycles. The van der Waals surface area contributed by atoms with Crippen molar-refractivity contribution in [2.45, 2.75) is 57.3 Å². The molecule has 2 aliphatic rings. The molecule has 1 fully saturated rings. The highest BCUT2D eigenvalue weighted by atomic mass is 35.5. The third-order valence-electron chi connectivity index (χ3n) is 5.11. The summed E-state index contributed by atoms with van der Waals surface area (Å²) in [4.78, 5) is 6.04. The number of nitrogens with zero attached hydrogens (tertiary/aromatic N) is 5. The lowest BCUT2D eigenvalue weighted by Crippen LogP contribution is -2.36. The first-order valence-corrected chi connectivity index (χ1v) is 9.24. The Morgan fingerprint density at radius 1 is 1.08 bits per heavy atom. The number of anilines is 1. The van der Waals surface area contributed by atoms with E-state index in [1.165, 1.54) is 0 Å². The van der Waals surface area contributed by atoms with Crippen molar-refractivity contribution in [2.75, 3.05) is 11.4 Å². The minimum atomic E-state index is -4.46. The van der Waals surface area contributed by atoms with Crippen LogP contribution in [0.4, 0.5) is 19.0 Å². The van der Waals surface area contributed by atoms with Crippen molar-refractivity contribution in [3.05, 3.63) is 34.5 Å². The number of hydrogen-bond acceptors (Lipinski definition) is 4. The van der Waals surface area contributed by atoms with Gasteiger partial charge >= 0.3 is 6.18 Å². The van der Waals surface area contributed by atoms with Crippen LogP contribution in [0.15, 0.2) is 12.3 Å². The van der Waals surface area contributed by atoms with Gasteiger partial charge in [0.15, 0.2) is 5.82 Å². The first kappa shape index (κ1) is 17.6. The largest absolute Gasteiger partial charge is 0.417 e. The zero-order chi connectivity index (χ0) is 18.3. The lowest BCUT2D eigenvalue weighted by Gasteiger charge is -2.37. The average Bonchev–Trinajstić information content (AvgIpc) is 3.05. The normalized spacial score (nSPS) is 20.9. The molecule has 1 atom stereocenters. The van der Waals surface area contributed by atoms with Crippen LogP contribution in [0.5, 0.6) is 0 Å². The smallest absolute Gasteiger partial charge is 0.345 e. The lowest BCUT2D eigenvalue weighted by molar-refractivity contribution is -0.137. The second-order valence-electron chi connectivity index (χ2n) is 6.82. The zero-order valence-corrected chi connectivity index (χ0v) is 14.9. The van der Waals surface area contributed by atoms with Crippen LogP contribution in [0.1, 0.15) is 55.4 Å². The highest BCUT2D eigenvalue weighted by molar-refractivity contribution is 6.33. The molecule has 5 nitrogen and oxygen atoms in total. The van der Waals surface area contributed by atoms with E-state index in [0.29, 0.717) is 12.4 Å². The van der Waals surface area contributed by atoms with Gasteiger partial charge in [-0.25, -0.2) is 4.98 Å². The Morgan fingerprint density at radius 3 is 2.65 bits per heavy atom. The first-order valence-electron chi connectivity index (χ1n) is 8.86. The minimum absolute atomic E-state index is 0.0186. The van der Waals surface area contributed by atoms with Gasteiger partial charge in [-0.3, -0.25) is 0 Å². The molecule has 1 unspecified atom stereocenters. The third kappa shape index (κ3) is 3.15. The summed E-state index contributed by atoms with van der Waals surface area (Å²) in [7, 11) is 0. The van der Waals surface area contributed by atoms with E-state index < -0.39 is 11.7 Å². The van der Waals surface area contributed by atoms with Crippen molar-refractivity contribution >= 4 is 17.4 Å². The molecule has 0 aromatic carbocycles. The van der Waals surface area contributed by atoms with Gasteiger partial charge in [0.1, 0.15) is 11.6 Å². The molecule has 0 radical (unpaired) electrons. The van der Waals surface area contributed by atoms with Gasteiger partial charge in [-0.15, -0.1) is 10.2 Å². The van der Waals surface area contributed by atoms with Gasteiger partial charge in [0.05, 0.1) is 16.6 Å². The van der Waals surface area contributed by atoms with Crippen LogP contribution < -0.4 is 4.90 Å². The van der Waals surface area contributed by atoms with Crippen molar-refractivity contribution in [2.24, 2.45) is 0 Å². The Labute approximate surface area is 154 Å². The molecule has 0 N–H and O–H groups in total. The predicted molar refractivity (Wildman–Crippen MR) is 91.1 cm³/mol. The average molecular weight is 386 g/mol. The summed E-state index contributed by atoms with van der Waals surface area (Å²) in [5.41, 5.74) is -0.834. The van der Waals surface area contributed by atoms with Crippen molar-refractivity contribution in [3.8, 4) is 0 Å². The lowest BCUT2D eigenvalue weighted by atomic mass is 10.0. The Hall–Kier alpha value is -1.83. The van der Waals surface area contributed by atoms with Gasteiger partial charge in [0, 0.05) is 25.7 Å². The molecule has 2 aromatic heterocycles. The highest BCUT2D eigenvalue weighted by Gasteiger charge is 2.35. The van der Waals surface area contributed by atoms with E-state index in [1.54, 1.807) is 0 Å². The fourth-order valence-electron chi connectivity index (χ4n) is 3.83. The summed E-state index contributed by atoms with van der Waals surface area (Å²) in [5.74, 6) is 2.25. The second kappa shape index (κ2) is 6.72. The van der Waals surface area contributed by atoms with Crippen LogP contribution in [-0.4, -0.2) is 26.3 Å². The van der Waals surface area contributed by atoms with Crippen molar-refractivity contribution in [1.29, 1.82) is 0 Å². The van der Waals surface area contributed by atoms with Crippen LogP contribution in [0.3, 0.4) is 0 Å². The molecular formula is C17H19ClF3N5.